The van der Waals surface area contributed by atoms with E-state index >= 15 is 0 Å². The summed E-state index contributed by atoms with van der Waals surface area (Å²) in [6.07, 6.45) is 0.416. The van der Waals surface area contributed by atoms with Crippen molar-refractivity contribution in [3.63, 3.8) is 0 Å². The second-order valence-electron chi connectivity index (χ2n) is 3.50. The molecular formula is C11H14O4S. The number of rotatable bonds is 5. The highest BCUT2D eigenvalue weighted by atomic mass is 32.2. The zero-order valence-electron chi connectivity index (χ0n) is 8.96. The van der Waals surface area contributed by atoms with Gasteiger partial charge in [-0.05, 0) is 12.0 Å². The Balaban J connectivity index is 3.16. The van der Waals surface area contributed by atoms with Gasteiger partial charge in [0.05, 0.1) is 5.75 Å². The number of benzene rings is 1. The molecule has 0 aliphatic rings. The Kier molecular flexibility index (Phi) is 4.06. The van der Waals surface area contributed by atoms with Gasteiger partial charge >= 0.3 is 5.97 Å². The molecule has 0 saturated carbocycles. The van der Waals surface area contributed by atoms with E-state index in [0.29, 0.717) is 12.0 Å². The van der Waals surface area contributed by atoms with Crippen LogP contribution in [0.4, 0.5) is 0 Å². The molecule has 1 N–H and O–H groups in total. The van der Waals surface area contributed by atoms with Gasteiger partial charge in [-0.25, -0.2) is 8.42 Å². The average Bonchev–Trinajstić information content (AvgIpc) is 2.17. The van der Waals surface area contributed by atoms with Crippen LogP contribution in [-0.2, 0) is 14.6 Å². The number of carboxylic acid groups (broad SMARTS) is 1. The Morgan fingerprint density at radius 3 is 2.31 bits per heavy atom. The molecule has 0 fully saturated rings. The zero-order chi connectivity index (χ0) is 12.2. The summed E-state index contributed by atoms with van der Waals surface area (Å²) in [6.45, 7) is 1.71. The van der Waals surface area contributed by atoms with Gasteiger partial charge in [-0.2, -0.15) is 0 Å². The summed E-state index contributed by atoms with van der Waals surface area (Å²) in [4.78, 5) is 11.0. The quantitative estimate of drug-likeness (QED) is 0.852. The second kappa shape index (κ2) is 5.12. The standard InChI is InChI=1S/C11H14O4S/c1-2-8-16(14,15)10(11(12)13)9-6-4-3-5-7-9/h3-7,10H,2,8H2,1H3,(H,12,13). The fraction of sp³-hybridized carbons (Fsp3) is 0.364. The van der Waals surface area contributed by atoms with Gasteiger partial charge in [0, 0.05) is 0 Å². The number of carbonyl (C=O) groups is 1. The minimum atomic E-state index is -3.62. The molecule has 0 aliphatic heterocycles. The van der Waals surface area contributed by atoms with E-state index < -0.39 is 21.1 Å². The Hall–Kier alpha value is -1.36. The first kappa shape index (κ1) is 12.7. The number of hydrogen-bond acceptors (Lipinski definition) is 3. The van der Waals surface area contributed by atoms with Crippen molar-refractivity contribution >= 4 is 15.8 Å². The first-order valence-corrected chi connectivity index (χ1v) is 6.70. The molecule has 4 nitrogen and oxygen atoms in total. The van der Waals surface area contributed by atoms with Crippen LogP contribution < -0.4 is 0 Å². The van der Waals surface area contributed by atoms with Crippen LogP contribution in [0.25, 0.3) is 0 Å². The summed E-state index contributed by atoms with van der Waals surface area (Å²) in [7, 11) is -3.62. The Labute approximate surface area is 94.8 Å². The summed E-state index contributed by atoms with van der Waals surface area (Å²) >= 11 is 0. The summed E-state index contributed by atoms with van der Waals surface area (Å²) in [5.74, 6) is -1.43. The molecule has 88 valence electrons. The van der Waals surface area contributed by atoms with Crippen molar-refractivity contribution in [1.82, 2.24) is 0 Å². The van der Waals surface area contributed by atoms with Gasteiger partial charge in [-0.1, -0.05) is 37.3 Å². The molecule has 0 bridgehead atoms. The molecule has 0 aliphatic carbocycles. The van der Waals surface area contributed by atoms with E-state index in [1.807, 2.05) is 0 Å². The fourth-order valence-electron chi connectivity index (χ4n) is 1.53. The van der Waals surface area contributed by atoms with E-state index in [9.17, 15) is 13.2 Å². The predicted octanol–water partition coefficient (Wildman–Crippen LogP) is 1.64. The highest BCUT2D eigenvalue weighted by molar-refractivity contribution is 7.92. The fourth-order valence-corrected chi connectivity index (χ4v) is 3.22. The molecule has 0 aromatic heterocycles. The molecule has 1 atom stereocenters. The van der Waals surface area contributed by atoms with Crippen LogP contribution in [0.3, 0.4) is 0 Å². The van der Waals surface area contributed by atoms with E-state index in [1.165, 1.54) is 12.1 Å². The van der Waals surface area contributed by atoms with E-state index in [-0.39, 0.29) is 5.75 Å². The number of sulfone groups is 1. The minimum absolute atomic E-state index is 0.112. The highest BCUT2D eigenvalue weighted by Crippen LogP contribution is 2.23. The third kappa shape index (κ3) is 2.82. The molecular weight excluding hydrogens is 228 g/mol. The van der Waals surface area contributed by atoms with Gasteiger partial charge in [0.25, 0.3) is 0 Å². The largest absolute Gasteiger partial charge is 0.480 e. The van der Waals surface area contributed by atoms with Crippen molar-refractivity contribution in [1.29, 1.82) is 0 Å². The molecule has 1 unspecified atom stereocenters. The van der Waals surface area contributed by atoms with Crippen molar-refractivity contribution in [3.8, 4) is 0 Å². The van der Waals surface area contributed by atoms with Crippen LogP contribution in [0.1, 0.15) is 24.2 Å². The maximum Gasteiger partial charge on any atom is 0.326 e. The maximum atomic E-state index is 11.8. The van der Waals surface area contributed by atoms with Gasteiger partial charge in [0.15, 0.2) is 15.1 Å². The van der Waals surface area contributed by atoms with Gasteiger partial charge in [-0.15, -0.1) is 0 Å². The van der Waals surface area contributed by atoms with E-state index in [2.05, 4.69) is 0 Å². The third-order valence-electron chi connectivity index (χ3n) is 2.17. The van der Waals surface area contributed by atoms with Crippen molar-refractivity contribution in [2.24, 2.45) is 0 Å². The maximum absolute atomic E-state index is 11.8. The van der Waals surface area contributed by atoms with Gasteiger partial charge in [-0.3, -0.25) is 4.79 Å². The predicted molar refractivity (Wildman–Crippen MR) is 60.9 cm³/mol. The van der Waals surface area contributed by atoms with Crippen LogP contribution in [0.15, 0.2) is 30.3 Å². The minimum Gasteiger partial charge on any atom is -0.480 e. The van der Waals surface area contributed by atoms with Crippen molar-refractivity contribution in [2.75, 3.05) is 5.75 Å². The number of aliphatic carboxylic acids is 1. The van der Waals surface area contributed by atoms with Crippen LogP contribution in [0, 0.1) is 0 Å². The molecule has 5 heteroatoms. The van der Waals surface area contributed by atoms with Crippen LogP contribution in [0.5, 0.6) is 0 Å². The lowest BCUT2D eigenvalue weighted by Crippen LogP contribution is -2.24. The number of carboxylic acids is 1. The van der Waals surface area contributed by atoms with Crippen molar-refractivity contribution in [3.05, 3.63) is 35.9 Å². The summed E-state index contributed by atoms with van der Waals surface area (Å²) in [5, 5.41) is 7.56. The SMILES string of the molecule is CCCS(=O)(=O)C(C(=O)O)c1ccccc1. The lowest BCUT2D eigenvalue weighted by atomic mass is 10.1. The summed E-state index contributed by atoms with van der Waals surface area (Å²) in [6, 6.07) is 8.02. The van der Waals surface area contributed by atoms with Gasteiger partial charge in [0.2, 0.25) is 0 Å². The molecule has 16 heavy (non-hydrogen) atoms. The zero-order valence-corrected chi connectivity index (χ0v) is 9.78. The smallest absolute Gasteiger partial charge is 0.326 e. The van der Waals surface area contributed by atoms with Crippen LogP contribution in [-0.4, -0.2) is 25.2 Å². The molecule has 0 spiro atoms. The highest BCUT2D eigenvalue weighted by Gasteiger charge is 2.32. The monoisotopic (exact) mass is 242 g/mol. The van der Waals surface area contributed by atoms with E-state index in [1.54, 1.807) is 25.1 Å². The lowest BCUT2D eigenvalue weighted by molar-refractivity contribution is -0.136. The van der Waals surface area contributed by atoms with E-state index in [4.69, 9.17) is 5.11 Å². The van der Waals surface area contributed by atoms with Crippen molar-refractivity contribution < 1.29 is 18.3 Å². The Morgan fingerprint density at radius 1 is 1.31 bits per heavy atom. The molecule has 0 heterocycles. The molecule has 1 aromatic carbocycles. The average molecular weight is 242 g/mol. The normalized spacial score (nSPS) is 13.3. The number of hydrogen-bond donors (Lipinski definition) is 1. The summed E-state index contributed by atoms with van der Waals surface area (Å²) < 4.78 is 23.6. The topological polar surface area (TPSA) is 71.4 Å². The van der Waals surface area contributed by atoms with Gasteiger partial charge < -0.3 is 5.11 Å². The first-order chi connectivity index (χ1) is 7.49. The molecule has 0 saturated heterocycles. The van der Waals surface area contributed by atoms with Gasteiger partial charge in [0.1, 0.15) is 0 Å². The molecule has 1 rings (SSSR count). The molecule has 1 aromatic rings. The van der Waals surface area contributed by atoms with Crippen LogP contribution >= 0.6 is 0 Å². The summed E-state index contributed by atoms with van der Waals surface area (Å²) in [5.41, 5.74) is 0.309. The van der Waals surface area contributed by atoms with Crippen LogP contribution in [0.2, 0.25) is 0 Å². The lowest BCUT2D eigenvalue weighted by Gasteiger charge is -2.12. The molecule has 0 amide bonds. The Morgan fingerprint density at radius 2 is 1.88 bits per heavy atom. The van der Waals surface area contributed by atoms with E-state index in [0.717, 1.165) is 0 Å². The third-order valence-corrected chi connectivity index (χ3v) is 4.34. The Bertz CT molecular complexity index is 450. The second-order valence-corrected chi connectivity index (χ2v) is 5.70. The first-order valence-electron chi connectivity index (χ1n) is 4.98. The molecule has 0 radical (unpaired) electrons. The van der Waals surface area contributed by atoms with Crippen molar-refractivity contribution in [2.45, 2.75) is 18.6 Å².